The summed E-state index contributed by atoms with van der Waals surface area (Å²) < 4.78 is 0. The zero-order valence-corrected chi connectivity index (χ0v) is 17.3. The summed E-state index contributed by atoms with van der Waals surface area (Å²) in [5, 5.41) is 0.793. The molecule has 0 aliphatic carbocycles. The summed E-state index contributed by atoms with van der Waals surface area (Å²) >= 11 is 6.94. The van der Waals surface area contributed by atoms with Crippen LogP contribution in [0.2, 0.25) is 0 Å². The van der Waals surface area contributed by atoms with Gasteiger partial charge in [0.1, 0.15) is 0 Å². The first-order valence-corrected chi connectivity index (χ1v) is 9.67. The van der Waals surface area contributed by atoms with Gasteiger partial charge in [0.15, 0.2) is 11.4 Å². The number of rotatable bonds is 3. The quantitative estimate of drug-likeness (QED) is 0.336. The van der Waals surface area contributed by atoms with Gasteiger partial charge in [-0.2, -0.15) is 0 Å². The van der Waals surface area contributed by atoms with Gasteiger partial charge in [0.2, 0.25) is 0 Å². The molecule has 0 fully saturated rings. The van der Waals surface area contributed by atoms with Crippen molar-refractivity contribution in [2.45, 2.75) is 37.3 Å². The lowest BCUT2D eigenvalue weighted by Crippen LogP contribution is -1.90. The van der Waals surface area contributed by atoms with Crippen molar-refractivity contribution in [3.05, 3.63) is 81.5 Å². The van der Waals surface area contributed by atoms with Gasteiger partial charge in [-0.1, -0.05) is 80.7 Å². The van der Waals surface area contributed by atoms with Gasteiger partial charge in [-0.3, -0.25) is 0 Å². The summed E-state index contributed by atoms with van der Waals surface area (Å²) in [4.78, 5) is 7.08. The molecular weight excluding hydrogens is 428 g/mol. The summed E-state index contributed by atoms with van der Waals surface area (Å²) in [5.41, 5.74) is 6.41. The van der Waals surface area contributed by atoms with Crippen LogP contribution in [0.15, 0.2) is 36.4 Å². The van der Waals surface area contributed by atoms with E-state index in [0.717, 1.165) is 17.4 Å². The summed E-state index contributed by atoms with van der Waals surface area (Å²) in [5.74, 6) is 0. The third-order valence-corrected chi connectivity index (χ3v) is 4.76. The minimum absolute atomic E-state index is 0.333. The van der Waals surface area contributed by atoms with Gasteiger partial charge in [0.25, 0.3) is 0 Å². The minimum Gasteiger partial charge on any atom is -0.238 e. The molecule has 2 rings (SSSR count). The average molecular weight is 448 g/mol. The second kappa shape index (κ2) is 10.3. The van der Waals surface area contributed by atoms with Crippen LogP contribution in [0.5, 0.6) is 0 Å². The normalized spacial score (nSPS) is 10.8. The number of alkyl halides is 2. The molecule has 24 heavy (non-hydrogen) atoms. The topological polar surface area (TPSA) is 8.72 Å². The molecule has 0 bridgehead atoms. The zero-order chi connectivity index (χ0) is 18.1. The van der Waals surface area contributed by atoms with E-state index in [-0.39, 0.29) is 0 Å². The molecule has 1 unspecified atom stereocenters. The SMILES string of the molecule is [C-]#[N+]c1ccc(C(C)Br)c(CBr)c1.[C-]#[N+]c1ccc(CC)c(C)c1. The first kappa shape index (κ1) is 20.4. The maximum Gasteiger partial charge on any atom is 0.187 e. The predicted octanol–water partition coefficient (Wildman–Crippen LogP) is 7.70. The second-order valence-corrected chi connectivity index (χ2v) is 7.25. The van der Waals surface area contributed by atoms with Crippen LogP contribution in [0.1, 0.15) is 40.9 Å². The van der Waals surface area contributed by atoms with Crippen molar-refractivity contribution in [1.82, 2.24) is 0 Å². The molecule has 0 aliphatic heterocycles. The Balaban J connectivity index is 0.000000243. The van der Waals surface area contributed by atoms with Crippen LogP contribution in [0.3, 0.4) is 0 Å². The molecule has 2 aromatic rings. The van der Waals surface area contributed by atoms with E-state index in [1.807, 2.05) is 43.3 Å². The lowest BCUT2D eigenvalue weighted by Gasteiger charge is -2.09. The standard InChI is InChI=1S/C10H9Br2N.C10H11N/c1-7(12)10-4-3-9(13-2)5-8(10)6-11;1-4-9-5-6-10(11-3)7-8(9)2/h3-5,7H,6H2,1H3;5-7H,4H2,1-2H3. The Kier molecular flexibility index (Phi) is 8.76. The van der Waals surface area contributed by atoms with E-state index < -0.39 is 0 Å². The second-order valence-electron chi connectivity index (χ2n) is 5.32. The number of nitrogens with zero attached hydrogens (tertiary/aromatic N) is 2. The predicted molar refractivity (Wildman–Crippen MR) is 109 cm³/mol. The van der Waals surface area contributed by atoms with Crippen LogP contribution in [-0.2, 0) is 11.8 Å². The smallest absolute Gasteiger partial charge is 0.187 e. The summed E-state index contributed by atoms with van der Waals surface area (Å²) in [7, 11) is 0. The molecule has 0 aromatic heterocycles. The van der Waals surface area contributed by atoms with E-state index in [1.165, 1.54) is 22.3 Å². The molecule has 2 nitrogen and oxygen atoms in total. The van der Waals surface area contributed by atoms with E-state index in [1.54, 1.807) is 0 Å². The van der Waals surface area contributed by atoms with Gasteiger partial charge in [0.05, 0.1) is 13.1 Å². The molecule has 0 radical (unpaired) electrons. The maximum absolute atomic E-state index is 6.89. The van der Waals surface area contributed by atoms with Crippen LogP contribution in [0, 0.1) is 20.1 Å². The first-order chi connectivity index (χ1) is 11.5. The van der Waals surface area contributed by atoms with Crippen molar-refractivity contribution in [2.24, 2.45) is 0 Å². The van der Waals surface area contributed by atoms with Crippen LogP contribution < -0.4 is 0 Å². The van der Waals surface area contributed by atoms with Gasteiger partial charge in [-0.05, 0) is 37.0 Å². The Hall–Kier alpha value is -1.62. The van der Waals surface area contributed by atoms with Crippen molar-refractivity contribution in [3.63, 3.8) is 0 Å². The lowest BCUT2D eigenvalue weighted by atomic mass is 10.1. The minimum atomic E-state index is 0.333. The maximum atomic E-state index is 6.89. The van der Waals surface area contributed by atoms with E-state index in [2.05, 4.69) is 55.4 Å². The Morgan fingerprint density at radius 3 is 2.04 bits per heavy atom. The molecule has 0 spiro atoms. The Morgan fingerprint density at radius 2 is 1.58 bits per heavy atom. The third kappa shape index (κ3) is 5.78. The monoisotopic (exact) mass is 446 g/mol. The molecule has 0 saturated carbocycles. The van der Waals surface area contributed by atoms with Crippen molar-refractivity contribution in [3.8, 4) is 0 Å². The molecule has 0 N–H and O–H groups in total. The molecule has 0 heterocycles. The first-order valence-electron chi connectivity index (χ1n) is 7.64. The third-order valence-electron chi connectivity index (χ3n) is 3.66. The number of hydrogen-bond donors (Lipinski definition) is 0. The highest BCUT2D eigenvalue weighted by molar-refractivity contribution is 9.09. The number of benzene rings is 2. The molecule has 0 aliphatic rings. The highest BCUT2D eigenvalue weighted by Gasteiger charge is 2.07. The number of halogens is 2. The van der Waals surface area contributed by atoms with E-state index in [0.29, 0.717) is 10.5 Å². The van der Waals surface area contributed by atoms with Crippen LogP contribution in [0.4, 0.5) is 11.4 Å². The largest absolute Gasteiger partial charge is 0.238 e. The van der Waals surface area contributed by atoms with Crippen molar-refractivity contribution in [2.75, 3.05) is 0 Å². The van der Waals surface area contributed by atoms with Gasteiger partial charge in [-0.15, -0.1) is 0 Å². The average Bonchev–Trinajstić information content (AvgIpc) is 2.61. The molecule has 124 valence electrons. The Bertz CT molecular complexity index is 768. The Labute approximate surface area is 161 Å². The van der Waals surface area contributed by atoms with Crippen molar-refractivity contribution >= 4 is 43.2 Å². The number of aryl methyl sites for hydroxylation is 2. The van der Waals surface area contributed by atoms with Crippen molar-refractivity contribution in [1.29, 1.82) is 0 Å². The summed E-state index contributed by atoms with van der Waals surface area (Å²) in [6, 6.07) is 11.6. The molecule has 2 aromatic carbocycles. The fourth-order valence-corrected chi connectivity index (χ4v) is 3.24. The van der Waals surface area contributed by atoms with Crippen LogP contribution in [0.25, 0.3) is 9.69 Å². The molecular formula is C20H20Br2N2. The summed E-state index contributed by atoms with van der Waals surface area (Å²) in [6.45, 7) is 19.9. The van der Waals surface area contributed by atoms with Gasteiger partial charge in [0, 0.05) is 10.2 Å². The zero-order valence-electron chi connectivity index (χ0n) is 14.1. The molecule has 0 saturated heterocycles. The molecule has 4 heteroatoms. The van der Waals surface area contributed by atoms with Crippen LogP contribution >= 0.6 is 31.9 Å². The van der Waals surface area contributed by atoms with Gasteiger partial charge >= 0.3 is 0 Å². The fraction of sp³-hybridized carbons (Fsp3) is 0.300. The van der Waals surface area contributed by atoms with E-state index in [4.69, 9.17) is 13.1 Å². The van der Waals surface area contributed by atoms with E-state index in [9.17, 15) is 0 Å². The fourth-order valence-electron chi connectivity index (χ4n) is 2.31. The van der Waals surface area contributed by atoms with Gasteiger partial charge in [-0.25, -0.2) is 9.69 Å². The summed E-state index contributed by atoms with van der Waals surface area (Å²) in [6.07, 6.45) is 1.05. The lowest BCUT2D eigenvalue weighted by molar-refractivity contribution is 1.09. The molecule has 1 atom stereocenters. The van der Waals surface area contributed by atoms with Crippen LogP contribution in [-0.4, -0.2) is 0 Å². The molecule has 0 amide bonds. The van der Waals surface area contributed by atoms with E-state index >= 15 is 0 Å². The van der Waals surface area contributed by atoms with Gasteiger partial charge < -0.3 is 0 Å². The highest BCUT2D eigenvalue weighted by Crippen LogP contribution is 2.29. The number of hydrogen-bond acceptors (Lipinski definition) is 0. The van der Waals surface area contributed by atoms with Crippen molar-refractivity contribution < 1.29 is 0 Å². The highest BCUT2D eigenvalue weighted by atomic mass is 79.9. The Morgan fingerprint density at radius 1 is 1.00 bits per heavy atom.